The molecule has 1 saturated heterocycles. The van der Waals surface area contributed by atoms with E-state index in [1.54, 1.807) is 0 Å². The molecular weight excluding hydrogens is 276 g/mol. The maximum Gasteiger partial charge on any atom is 0.240 e. The van der Waals surface area contributed by atoms with Crippen LogP contribution in [0.25, 0.3) is 0 Å². The highest BCUT2D eigenvalue weighted by atomic mass is 32.1. The van der Waals surface area contributed by atoms with Gasteiger partial charge in [0.2, 0.25) is 11.8 Å². The van der Waals surface area contributed by atoms with Gasteiger partial charge >= 0.3 is 0 Å². The van der Waals surface area contributed by atoms with Crippen LogP contribution in [0.4, 0.5) is 5.13 Å². The number of aryl methyl sites for hydroxylation is 2. The van der Waals surface area contributed by atoms with Crippen molar-refractivity contribution in [2.75, 3.05) is 25.0 Å². The first-order valence-electron chi connectivity index (χ1n) is 6.71. The number of hydrogen-bond donors (Lipinski definition) is 2. The molecule has 1 aliphatic rings. The average Bonchev–Trinajstić information content (AvgIpc) is 2.68. The van der Waals surface area contributed by atoms with E-state index in [-0.39, 0.29) is 24.3 Å². The van der Waals surface area contributed by atoms with Crippen molar-refractivity contribution >= 4 is 28.3 Å². The third-order valence-corrected chi connectivity index (χ3v) is 4.54. The number of thiazole rings is 1. The summed E-state index contributed by atoms with van der Waals surface area (Å²) in [5.74, 6) is -0.508. The van der Waals surface area contributed by atoms with Gasteiger partial charge in [-0.2, -0.15) is 0 Å². The maximum atomic E-state index is 12.0. The van der Waals surface area contributed by atoms with Gasteiger partial charge < -0.3 is 11.1 Å². The van der Waals surface area contributed by atoms with Crippen molar-refractivity contribution in [2.24, 2.45) is 11.7 Å². The molecule has 0 bridgehead atoms. The number of primary amides is 1. The molecule has 0 radical (unpaired) electrons. The van der Waals surface area contributed by atoms with Crippen LogP contribution in [-0.2, 0) is 9.59 Å². The average molecular weight is 296 g/mol. The van der Waals surface area contributed by atoms with Crippen molar-refractivity contribution in [3.8, 4) is 0 Å². The van der Waals surface area contributed by atoms with Crippen molar-refractivity contribution in [1.29, 1.82) is 0 Å². The molecule has 1 aliphatic heterocycles. The molecule has 2 rings (SSSR count). The van der Waals surface area contributed by atoms with Gasteiger partial charge in [-0.15, -0.1) is 11.3 Å². The molecule has 1 atom stereocenters. The molecule has 1 fully saturated rings. The van der Waals surface area contributed by atoms with E-state index >= 15 is 0 Å². The first-order valence-corrected chi connectivity index (χ1v) is 7.53. The maximum absolute atomic E-state index is 12.0. The number of amides is 2. The van der Waals surface area contributed by atoms with E-state index in [0.29, 0.717) is 11.7 Å². The number of likely N-dealkylation sites (tertiary alicyclic amines) is 1. The zero-order valence-corrected chi connectivity index (χ0v) is 12.6. The Hall–Kier alpha value is -1.47. The molecule has 1 aromatic heterocycles. The molecule has 1 aromatic rings. The number of nitrogens with two attached hydrogens (primary N) is 1. The molecule has 6 nitrogen and oxygen atoms in total. The van der Waals surface area contributed by atoms with Gasteiger partial charge in [-0.25, -0.2) is 4.98 Å². The Morgan fingerprint density at radius 3 is 2.85 bits per heavy atom. The van der Waals surface area contributed by atoms with Crippen LogP contribution >= 0.6 is 11.3 Å². The highest BCUT2D eigenvalue weighted by molar-refractivity contribution is 7.15. The van der Waals surface area contributed by atoms with Crippen LogP contribution < -0.4 is 11.1 Å². The second-order valence-corrected chi connectivity index (χ2v) is 6.39. The molecule has 1 unspecified atom stereocenters. The van der Waals surface area contributed by atoms with E-state index in [1.165, 1.54) is 11.3 Å². The van der Waals surface area contributed by atoms with Crippen LogP contribution in [-0.4, -0.2) is 41.3 Å². The summed E-state index contributed by atoms with van der Waals surface area (Å²) in [6.45, 7) is 5.57. The Bertz CT molecular complexity index is 495. The molecule has 110 valence electrons. The van der Waals surface area contributed by atoms with E-state index in [4.69, 9.17) is 5.73 Å². The zero-order valence-electron chi connectivity index (χ0n) is 11.8. The highest BCUT2D eigenvalue weighted by Crippen LogP contribution is 2.21. The number of anilines is 1. The number of piperidine rings is 1. The lowest BCUT2D eigenvalue weighted by atomic mass is 9.97. The molecular formula is C13H20N4O2S. The summed E-state index contributed by atoms with van der Waals surface area (Å²) in [7, 11) is 0. The third kappa shape index (κ3) is 3.77. The lowest BCUT2D eigenvalue weighted by Crippen LogP contribution is -2.44. The number of rotatable bonds is 4. The van der Waals surface area contributed by atoms with Crippen molar-refractivity contribution in [3.05, 3.63) is 10.6 Å². The van der Waals surface area contributed by atoms with Crippen molar-refractivity contribution < 1.29 is 9.59 Å². The lowest BCUT2D eigenvalue weighted by Gasteiger charge is -2.30. The highest BCUT2D eigenvalue weighted by Gasteiger charge is 2.25. The molecule has 0 spiro atoms. The minimum absolute atomic E-state index is 0.0936. The monoisotopic (exact) mass is 296 g/mol. The summed E-state index contributed by atoms with van der Waals surface area (Å²) in [6.07, 6.45) is 1.72. The van der Waals surface area contributed by atoms with Gasteiger partial charge in [-0.05, 0) is 33.2 Å². The van der Waals surface area contributed by atoms with Gasteiger partial charge in [-0.3, -0.25) is 14.5 Å². The molecule has 3 N–H and O–H groups in total. The second kappa shape index (κ2) is 6.32. The normalized spacial score (nSPS) is 19.8. The minimum atomic E-state index is -0.277. The third-order valence-electron chi connectivity index (χ3n) is 3.55. The molecule has 7 heteroatoms. The fourth-order valence-electron chi connectivity index (χ4n) is 2.32. The Morgan fingerprint density at radius 1 is 1.50 bits per heavy atom. The van der Waals surface area contributed by atoms with Crippen LogP contribution in [0.1, 0.15) is 23.4 Å². The van der Waals surface area contributed by atoms with Crippen molar-refractivity contribution in [1.82, 2.24) is 9.88 Å². The number of carbonyl (C=O) groups is 2. The van der Waals surface area contributed by atoms with Crippen LogP contribution in [0.5, 0.6) is 0 Å². The fraction of sp³-hybridized carbons (Fsp3) is 0.615. The molecule has 0 saturated carbocycles. The van der Waals surface area contributed by atoms with Gasteiger partial charge in [0.15, 0.2) is 5.13 Å². The van der Waals surface area contributed by atoms with Crippen LogP contribution in [0.15, 0.2) is 0 Å². The van der Waals surface area contributed by atoms with Crippen LogP contribution in [0.2, 0.25) is 0 Å². The number of hydrogen-bond acceptors (Lipinski definition) is 5. The number of aromatic nitrogens is 1. The van der Waals surface area contributed by atoms with Crippen molar-refractivity contribution in [2.45, 2.75) is 26.7 Å². The second-order valence-electron chi connectivity index (χ2n) is 5.19. The Labute approximate surface area is 122 Å². The van der Waals surface area contributed by atoms with Gasteiger partial charge in [-0.1, -0.05) is 0 Å². The van der Waals surface area contributed by atoms with E-state index in [9.17, 15) is 9.59 Å². The number of nitrogens with zero attached hydrogens (tertiary/aromatic N) is 2. The molecule has 0 aromatic carbocycles. The largest absolute Gasteiger partial charge is 0.369 e. The van der Waals surface area contributed by atoms with Gasteiger partial charge in [0.05, 0.1) is 18.2 Å². The summed E-state index contributed by atoms with van der Waals surface area (Å²) in [5.41, 5.74) is 6.27. The summed E-state index contributed by atoms with van der Waals surface area (Å²) in [6, 6.07) is 0. The standard InChI is InChI=1S/C13H20N4O2S/c1-8-9(2)20-13(15-8)16-11(18)7-17-5-3-4-10(6-17)12(14)19/h10H,3-7H2,1-2H3,(H2,14,19)(H,15,16,18). The fourth-order valence-corrected chi connectivity index (χ4v) is 3.15. The van der Waals surface area contributed by atoms with E-state index in [0.717, 1.165) is 30.0 Å². The Kier molecular flexibility index (Phi) is 4.72. The van der Waals surface area contributed by atoms with Crippen LogP contribution in [0.3, 0.4) is 0 Å². The number of carbonyl (C=O) groups excluding carboxylic acids is 2. The minimum Gasteiger partial charge on any atom is -0.369 e. The van der Waals surface area contributed by atoms with Gasteiger partial charge in [0.25, 0.3) is 0 Å². The molecule has 2 heterocycles. The smallest absolute Gasteiger partial charge is 0.240 e. The predicted octanol–water partition coefficient (Wildman–Crippen LogP) is 0.896. The summed E-state index contributed by atoms with van der Waals surface area (Å²) >= 11 is 1.47. The summed E-state index contributed by atoms with van der Waals surface area (Å²) < 4.78 is 0. The van der Waals surface area contributed by atoms with Gasteiger partial charge in [0, 0.05) is 11.4 Å². The van der Waals surface area contributed by atoms with Crippen LogP contribution in [0, 0.1) is 19.8 Å². The Morgan fingerprint density at radius 2 is 2.25 bits per heavy atom. The van der Waals surface area contributed by atoms with E-state index in [2.05, 4.69) is 10.3 Å². The lowest BCUT2D eigenvalue weighted by molar-refractivity contribution is -0.125. The molecule has 20 heavy (non-hydrogen) atoms. The summed E-state index contributed by atoms with van der Waals surface area (Å²) in [4.78, 5) is 30.5. The van der Waals surface area contributed by atoms with Gasteiger partial charge in [0.1, 0.15) is 0 Å². The molecule has 2 amide bonds. The topological polar surface area (TPSA) is 88.3 Å². The summed E-state index contributed by atoms with van der Waals surface area (Å²) in [5, 5.41) is 3.44. The van der Waals surface area contributed by atoms with E-state index in [1.807, 2.05) is 18.7 Å². The number of nitrogens with one attached hydrogen (secondary N) is 1. The van der Waals surface area contributed by atoms with Crippen molar-refractivity contribution in [3.63, 3.8) is 0 Å². The molecule has 0 aliphatic carbocycles. The Balaban J connectivity index is 1.86. The van der Waals surface area contributed by atoms with E-state index < -0.39 is 0 Å². The quantitative estimate of drug-likeness (QED) is 0.864. The SMILES string of the molecule is Cc1nc(NC(=O)CN2CCCC(C(N)=O)C2)sc1C. The predicted molar refractivity (Wildman–Crippen MR) is 78.6 cm³/mol. The first-order chi connectivity index (χ1) is 9.45. The zero-order chi connectivity index (χ0) is 14.7. The first kappa shape index (κ1) is 14.9.